The summed E-state index contributed by atoms with van der Waals surface area (Å²) in [6.45, 7) is 9.66. The van der Waals surface area contributed by atoms with Crippen LogP contribution in [0.5, 0.6) is 0 Å². The highest BCUT2D eigenvalue weighted by Crippen LogP contribution is 2.33. The third-order valence-electron chi connectivity index (χ3n) is 3.30. The van der Waals surface area contributed by atoms with Gasteiger partial charge in [-0.05, 0) is 47.3 Å². The fourth-order valence-corrected chi connectivity index (χ4v) is 2.69. The van der Waals surface area contributed by atoms with E-state index in [1.807, 2.05) is 6.20 Å². The van der Waals surface area contributed by atoms with Crippen molar-refractivity contribution in [3.63, 3.8) is 0 Å². The van der Waals surface area contributed by atoms with Gasteiger partial charge in [-0.15, -0.1) is 0 Å². The van der Waals surface area contributed by atoms with E-state index in [1.165, 1.54) is 24.2 Å². The van der Waals surface area contributed by atoms with Crippen molar-refractivity contribution in [2.75, 3.05) is 18.0 Å². The van der Waals surface area contributed by atoms with Crippen molar-refractivity contribution in [1.82, 2.24) is 10.3 Å². The molecule has 106 valence electrons. The summed E-state index contributed by atoms with van der Waals surface area (Å²) in [5.41, 5.74) is 1.30. The van der Waals surface area contributed by atoms with Crippen LogP contribution in [0, 0.1) is 5.92 Å². The van der Waals surface area contributed by atoms with E-state index in [1.54, 1.807) is 0 Å². The Hall–Kier alpha value is -0.610. The van der Waals surface area contributed by atoms with E-state index >= 15 is 0 Å². The molecular weight excluding hydrogens is 302 g/mol. The second kappa shape index (κ2) is 6.71. The highest BCUT2D eigenvalue weighted by molar-refractivity contribution is 9.10. The number of rotatable bonds is 7. The molecule has 0 amide bonds. The first kappa shape index (κ1) is 14.8. The van der Waals surface area contributed by atoms with Gasteiger partial charge in [0.05, 0.1) is 0 Å². The lowest BCUT2D eigenvalue weighted by atomic mass is 10.1. The van der Waals surface area contributed by atoms with Gasteiger partial charge in [0, 0.05) is 35.4 Å². The Labute approximate surface area is 124 Å². The van der Waals surface area contributed by atoms with E-state index in [-0.39, 0.29) is 0 Å². The van der Waals surface area contributed by atoms with Gasteiger partial charge in [-0.1, -0.05) is 20.8 Å². The lowest BCUT2D eigenvalue weighted by Crippen LogP contribution is -2.32. The first-order chi connectivity index (χ1) is 9.11. The Kier molecular flexibility index (Phi) is 5.22. The summed E-state index contributed by atoms with van der Waals surface area (Å²) in [6, 6.07) is 2.90. The smallest absolute Gasteiger partial charge is 0.133 e. The minimum Gasteiger partial charge on any atom is -0.353 e. The van der Waals surface area contributed by atoms with Crippen molar-refractivity contribution in [1.29, 1.82) is 0 Å². The standard InChI is InChI=1S/C15H24BrN3/c1-4-17-8-12-7-13(16)9-18-15(12)19(10-11(2)3)14-5-6-14/h7,9,11,14,17H,4-6,8,10H2,1-3H3. The monoisotopic (exact) mass is 325 g/mol. The summed E-state index contributed by atoms with van der Waals surface area (Å²) in [5, 5.41) is 3.41. The third kappa shape index (κ3) is 4.18. The first-order valence-electron chi connectivity index (χ1n) is 7.23. The molecule has 19 heavy (non-hydrogen) atoms. The van der Waals surface area contributed by atoms with Crippen LogP contribution in [0.15, 0.2) is 16.7 Å². The maximum Gasteiger partial charge on any atom is 0.133 e. The minimum atomic E-state index is 0.665. The Balaban J connectivity index is 2.23. The van der Waals surface area contributed by atoms with Gasteiger partial charge in [-0.3, -0.25) is 0 Å². The minimum absolute atomic E-state index is 0.665. The molecule has 1 saturated carbocycles. The maximum absolute atomic E-state index is 4.68. The van der Waals surface area contributed by atoms with Crippen molar-refractivity contribution < 1.29 is 0 Å². The summed E-state index contributed by atoms with van der Waals surface area (Å²) in [6.07, 6.45) is 4.54. The molecule has 1 aliphatic rings. The van der Waals surface area contributed by atoms with Gasteiger partial charge in [0.15, 0.2) is 0 Å². The Morgan fingerprint density at radius 3 is 2.79 bits per heavy atom. The van der Waals surface area contributed by atoms with Gasteiger partial charge < -0.3 is 10.2 Å². The zero-order valence-electron chi connectivity index (χ0n) is 12.1. The van der Waals surface area contributed by atoms with Crippen LogP contribution in [0.2, 0.25) is 0 Å². The van der Waals surface area contributed by atoms with E-state index in [9.17, 15) is 0 Å². The molecule has 0 bridgehead atoms. The molecular formula is C15H24BrN3. The Morgan fingerprint density at radius 2 is 2.21 bits per heavy atom. The van der Waals surface area contributed by atoms with Crippen LogP contribution >= 0.6 is 15.9 Å². The van der Waals surface area contributed by atoms with Crippen molar-refractivity contribution in [2.24, 2.45) is 5.92 Å². The molecule has 0 radical (unpaired) electrons. The first-order valence-corrected chi connectivity index (χ1v) is 8.03. The van der Waals surface area contributed by atoms with Gasteiger partial charge in [0.1, 0.15) is 5.82 Å². The molecule has 4 heteroatoms. The van der Waals surface area contributed by atoms with Crippen LogP contribution in [0.25, 0.3) is 0 Å². The predicted molar refractivity (Wildman–Crippen MR) is 84.5 cm³/mol. The number of hydrogen-bond acceptors (Lipinski definition) is 3. The Morgan fingerprint density at radius 1 is 1.47 bits per heavy atom. The van der Waals surface area contributed by atoms with Crippen LogP contribution in [-0.2, 0) is 6.54 Å². The summed E-state index contributed by atoms with van der Waals surface area (Å²) >= 11 is 3.53. The van der Waals surface area contributed by atoms with Gasteiger partial charge in [-0.25, -0.2) is 4.98 Å². The van der Waals surface area contributed by atoms with Crippen molar-refractivity contribution >= 4 is 21.7 Å². The topological polar surface area (TPSA) is 28.2 Å². The van der Waals surface area contributed by atoms with E-state index in [4.69, 9.17) is 0 Å². The average molecular weight is 326 g/mol. The number of hydrogen-bond donors (Lipinski definition) is 1. The highest BCUT2D eigenvalue weighted by atomic mass is 79.9. The normalized spacial score (nSPS) is 15.0. The lowest BCUT2D eigenvalue weighted by molar-refractivity contribution is 0.598. The van der Waals surface area contributed by atoms with Crippen molar-refractivity contribution in [3.05, 3.63) is 22.3 Å². The molecule has 0 atom stereocenters. The highest BCUT2D eigenvalue weighted by Gasteiger charge is 2.31. The molecule has 3 nitrogen and oxygen atoms in total. The van der Waals surface area contributed by atoms with Crippen LogP contribution in [-0.4, -0.2) is 24.1 Å². The average Bonchev–Trinajstić information content (AvgIpc) is 3.18. The lowest BCUT2D eigenvalue weighted by Gasteiger charge is -2.27. The Bertz CT molecular complexity index is 416. The zero-order chi connectivity index (χ0) is 13.8. The number of nitrogens with zero attached hydrogens (tertiary/aromatic N) is 2. The summed E-state index contributed by atoms with van der Waals surface area (Å²) < 4.78 is 1.06. The predicted octanol–water partition coefficient (Wildman–Crippen LogP) is 3.58. The van der Waals surface area contributed by atoms with Crippen LogP contribution in [0.4, 0.5) is 5.82 Å². The largest absolute Gasteiger partial charge is 0.353 e. The van der Waals surface area contributed by atoms with E-state index in [2.05, 4.69) is 58.0 Å². The fourth-order valence-electron chi connectivity index (χ4n) is 2.31. The number of halogens is 1. The third-order valence-corrected chi connectivity index (χ3v) is 3.73. The summed E-state index contributed by atoms with van der Waals surface area (Å²) in [7, 11) is 0. The van der Waals surface area contributed by atoms with Gasteiger partial charge in [0.25, 0.3) is 0 Å². The molecule has 1 fully saturated rings. The van der Waals surface area contributed by atoms with E-state index in [0.29, 0.717) is 12.0 Å². The maximum atomic E-state index is 4.68. The molecule has 1 aromatic heterocycles. The molecule has 1 heterocycles. The molecule has 1 N–H and O–H groups in total. The fraction of sp³-hybridized carbons (Fsp3) is 0.667. The molecule has 2 rings (SSSR count). The van der Waals surface area contributed by atoms with Crippen molar-refractivity contribution in [2.45, 2.75) is 46.2 Å². The van der Waals surface area contributed by atoms with Gasteiger partial charge in [-0.2, -0.15) is 0 Å². The molecule has 1 aromatic rings. The number of aromatic nitrogens is 1. The summed E-state index contributed by atoms with van der Waals surface area (Å²) in [5.74, 6) is 1.83. The number of nitrogens with one attached hydrogen (secondary N) is 1. The number of pyridine rings is 1. The molecule has 0 aromatic carbocycles. The van der Waals surface area contributed by atoms with E-state index in [0.717, 1.165) is 24.1 Å². The molecule has 0 aliphatic heterocycles. The van der Waals surface area contributed by atoms with Gasteiger partial charge in [0.2, 0.25) is 0 Å². The van der Waals surface area contributed by atoms with Crippen LogP contribution in [0.3, 0.4) is 0 Å². The molecule has 0 unspecified atom stereocenters. The second-order valence-electron chi connectivity index (χ2n) is 5.69. The van der Waals surface area contributed by atoms with Crippen molar-refractivity contribution in [3.8, 4) is 0 Å². The van der Waals surface area contributed by atoms with Gasteiger partial charge >= 0.3 is 0 Å². The number of anilines is 1. The molecule has 1 aliphatic carbocycles. The van der Waals surface area contributed by atoms with Crippen LogP contribution in [0.1, 0.15) is 39.2 Å². The van der Waals surface area contributed by atoms with Crippen LogP contribution < -0.4 is 10.2 Å². The molecule has 0 spiro atoms. The SMILES string of the molecule is CCNCc1cc(Br)cnc1N(CC(C)C)C1CC1. The second-order valence-corrected chi connectivity index (χ2v) is 6.61. The van der Waals surface area contributed by atoms with E-state index < -0.39 is 0 Å². The quantitative estimate of drug-likeness (QED) is 0.830. The molecule has 0 saturated heterocycles. The zero-order valence-corrected chi connectivity index (χ0v) is 13.7. The summed E-state index contributed by atoms with van der Waals surface area (Å²) in [4.78, 5) is 7.19.